The molecule has 0 heterocycles. The van der Waals surface area contributed by atoms with E-state index in [0.29, 0.717) is 0 Å². The number of sulfonamides is 1. The van der Waals surface area contributed by atoms with E-state index in [1.165, 1.54) is 0 Å². The summed E-state index contributed by atoms with van der Waals surface area (Å²) >= 11 is 0. The lowest BCUT2D eigenvalue weighted by Crippen LogP contribution is -2.43. The quantitative estimate of drug-likeness (QED) is 0.581. The number of nitrogens with one attached hydrogen (secondary N) is 2. The number of carboxylic acid groups (broad SMARTS) is 1. The number of hydrogen-bond acceptors (Lipinski definition) is 5. The molecular weight excluding hydrogens is 288 g/mol. The second kappa shape index (κ2) is 7.44. The first kappa shape index (κ1) is 18.7. The van der Waals surface area contributed by atoms with Crippen LogP contribution in [0.15, 0.2) is 0 Å². The number of rotatable bonds is 7. The second-order valence-electron chi connectivity index (χ2n) is 5.35. The summed E-state index contributed by atoms with van der Waals surface area (Å²) in [6.45, 7) is 5.10. The first-order chi connectivity index (χ1) is 8.91. The van der Waals surface area contributed by atoms with Crippen LogP contribution in [0.4, 0.5) is 4.79 Å². The minimum atomic E-state index is -3.30. The summed E-state index contributed by atoms with van der Waals surface area (Å²) in [4.78, 5) is 22.4. The Morgan fingerprint density at radius 2 is 1.85 bits per heavy atom. The summed E-state index contributed by atoms with van der Waals surface area (Å²) in [5.74, 6) is -1.20. The summed E-state index contributed by atoms with van der Waals surface area (Å²) in [7, 11) is -3.30. The smallest absolute Gasteiger partial charge is 0.408 e. The molecule has 0 aliphatic rings. The molecule has 0 unspecified atom stereocenters. The van der Waals surface area contributed by atoms with Crippen molar-refractivity contribution in [2.24, 2.45) is 0 Å². The first-order valence-corrected chi connectivity index (χ1v) is 7.97. The Morgan fingerprint density at radius 1 is 1.30 bits per heavy atom. The number of amides is 1. The SMILES string of the molecule is CC(C)(C)OC(=O)N[C@@H](CCCNS(C)(=O)=O)C(=O)O. The topological polar surface area (TPSA) is 122 Å². The predicted molar refractivity (Wildman–Crippen MR) is 72.9 cm³/mol. The second-order valence-corrected chi connectivity index (χ2v) is 7.18. The van der Waals surface area contributed by atoms with Crippen LogP contribution in [0.2, 0.25) is 0 Å². The van der Waals surface area contributed by atoms with Crippen LogP contribution in [0.3, 0.4) is 0 Å². The van der Waals surface area contributed by atoms with E-state index in [1.54, 1.807) is 20.8 Å². The lowest BCUT2D eigenvalue weighted by Gasteiger charge is -2.22. The van der Waals surface area contributed by atoms with E-state index >= 15 is 0 Å². The zero-order chi connectivity index (χ0) is 16.0. The molecule has 0 saturated carbocycles. The summed E-state index contributed by atoms with van der Waals surface area (Å²) in [6, 6.07) is -1.12. The first-order valence-electron chi connectivity index (χ1n) is 6.07. The average Bonchev–Trinajstić information content (AvgIpc) is 2.17. The van der Waals surface area contributed by atoms with Crippen LogP contribution >= 0.6 is 0 Å². The van der Waals surface area contributed by atoms with E-state index in [2.05, 4.69) is 10.0 Å². The fraction of sp³-hybridized carbons (Fsp3) is 0.818. The third-order valence-corrected chi connectivity index (χ3v) is 2.75. The van der Waals surface area contributed by atoms with E-state index in [0.717, 1.165) is 6.26 Å². The maximum absolute atomic E-state index is 11.5. The summed E-state index contributed by atoms with van der Waals surface area (Å²) in [6.07, 6.45) is 0.568. The normalized spacial score (nSPS) is 13.6. The zero-order valence-electron chi connectivity index (χ0n) is 12.1. The van der Waals surface area contributed by atoms with Crippen LogP contribution in [-0.2, 0) is 19.6 Å². The minimum absolute atomic E-state index is 0.0943. The van der Waals surface area contributed by atoms with Gasteiger partial charge in [0.05, 0.1) is 6.26 Å². The van der Waals surface area contributed by atoms with Crippen LogP contribution in [0, 0.1) is 0 Å². The molecule has 8 nitrogen and oxygen atoms in total. The van der Waals surface area contributed by atoms with Gasteiger partial charge in [0.1, 0.15) is 11.6 Å². The molecule has 0 aliphatic carbocycles. The van der Waals surface area contributed by atoms with E-state index < -0.39 is 33.7 Å². The lowest BCUT2D eigenvalue weighted by atomic mass is 10.1. The molecule has 9 heteroatoms. The maximum Gasteiger partial charge on any atom is 0.408 e. The van der Waals surface area contributed by atoms with Crippen LogP contribution in [0.5, 0.6) is 0 Å². The third kappa shape index (κ3) is 10.6. The molecule has 0 aliphatic heterocycles. The molecule has 1 atom stereocenters. The number of carbonyl (C=O) groups is 2. The molecule has 0 aromatic carbocycles. The van der Waals surface area contributed by atoms with Gasteiger partial charge in [-0.15, -0.1) is 0 Å². The third-order valence-electron chi connectivity index (χ3n) is 2.02. The molecule has 1 amide bonds. The molecular formula is C11H22N2O6S. The Labute approximate surface area is 118 Å². The highest BCUT2D eigenvalue weighted by atomic mass is 32.2. The number of ether oxygens (including phenoxy) is 1. The fourth-order valence-corrected chi connectivity index (χ4v) is 1.79. The highest BCUT2D eigenvalue weighted by Crippen LogP contribution is 2.07. The van der Waals surface area contributed by atoms with Crippen molar-refractivity contribution in [3.05, 3.63) is 0 Å². The van der Waals surface area contributed by atoms with Crippen molar-refractivity contribution in [3.63, 3.8) is 0 Å². The Balaban J connectivity index is 4.25. The summed E-state index contributed by atoms with van der Waals surface area (Å²) in [5, 5.41) is 11.2. The van der Waals surface area contributed by atoms with Crippen molar-refractivity contribution in [1.29, 1.82) is 0 Å². The largest absolute Gasteiger partial charge is 0.480 e. The standard InChI is InChI=1S/C11H22N2O6S/c1-11(2,3)19-10(16)13-8(9(14)15)6-5-7-12-20(4,17)18/h8,12H,5-7H2,1-4H3,(H,13,16)(H,14,15)/t8-/m0/s1. The number of hydrogen-bond donors (Lipinski definition) is 3. The van der Waals surface area contributed by atoms with Gasteiger partial charge in [-0.2, -0.15) is 0 Å². The Kier molecular flexibility index (Phi) is 6.94. The highest BCUT2D eigenvalue weighted by Gasteiger charge is 2.23. The molecule has 0 aromatic heterocycles. The Bertz CT molecular complexity index is 440. The van der Waals surface area contributed by atoms with Gasteiger partial charge >= 0.3 is 12.1 Å². The number of aliphatic carboxylic acids is 1. The molecule has 0 rings (SSSR count). The van der Waals surface area contributed by atoms with E-state index in [4.69, 9.17) is 9.84 Å². The lowest BCUT2D eigenvalue weighted by molar-refractivity contribution is -0.139. The van der Waals surface area contributed by atoms with Gasteiger partial charge in [0.25, 0.3) is 0 Å². The van der Waals surface area contributed by atoms with Crippen LogP contribution in [0.1, 0.15) is 33.6 Å². The molecule has 0 radical (unpaired) electrons. The van der Waals surface area contributed by atoms with Crippen molar-refractivity contribution in [2.75, 3.05) is 12.8 Å². The van der Waals surface area contributed by atoms with Gasteiger partial charge in [-0.05, 0) is 33.6 Å². The molecule has 0 spiro atoms. The van der Waals surface area contributed by atoms with Gasteiger partial charge in [0, 0.05) is 6.54 Å². The Hall–Kier alpha value is -1.35. The number of alkyl carbamates (subject to hydrolysis) is 1. The van der Waals surface area contributed by atoms with Crippen LogP contribution < -0.4 is 10.0 Å². The van der Waals surface area contributed by atoms with Gasteiger partial charge in [-0.3, -0.25) is 0 Å². The highest BCUT2D eigenvalue weighted by molar-refractivity contribution is 7.88. The van der Waals surface area contributed by atoms with Gasteiger partial charge in [-0.1, -0.05) is 0 Å². The van der Waals surface area contributed by atoms with Crippen molar-refractivity contribution in [1.82, 2.24) is 10.0 Å². The van der Waals surface area contributed by atoms with Gasteiger partial charge in [-0.25, -0.2) is 22.7 Å². The van der Waals surface area contributed by atoms with Crippen molar-refractivity contribution in [2.45, 2.75) is 45.3 Å². The number of carboxylic acids is 1. The van der Waals surface area contributed by atoms with Crippen molar-refractivity contribution < 1.29 is 27.9 Å². The maximum atomic E-state index is 11.5. The molecule has 20 heavy (non-hydrogen) atoms. The Morgan fingerprint density at radius 3 is 2.25 bits per heavy atom. The van der Waals surface area contributed by atoms with Crippen LogP contribution in [-0.4, -0.2) is 50.0 Å². The van der Waals surface area contributed by atoms with Crippen molar-refractivity contribution >= 4 is 22.1 Å². The van der Waals surface area contributed by atoms with Crippen LogP contribution in [0.25, 0.3) is 0 Å². The zero-order valence-corrected chi connectivity index (χ0v) is 12.9. The molecule has 0 bridgehead atoms. The minimum Gasteiger partial charge on any atom is -0.480 e. The molecule has 0 saturated heterocycles. The predicted octanol–water partition coefficient (Wildman–Crippen LogP) is 0.294. The fourth-order valence-electron chi connectivity index (χ4n) is 1.27. The number of carbonyl (C=O) groups excluding carboxylic acids is 1. The van der Waals surface area contributed by atoms with Gasteiger partial charge in [0.2, 0.25) is 10.0 Å². The average molecular weight is 310 g/mol. The molecule has 0 fully saturated rings. The van der Waals surface area contributed by atoms with Gasteiger partial charge < -0.3 is 15.2 Å². The van der Waals surface area contributed by atoms with Crippen molar-refractivity contribution in [3.8, 4) is 0 Å². The van der Waals surface area contributed by atoms with Gasteiger partial charge in [0.15, 0.2) is 0 Å². The molecule has 0 aromatic rings. The van der Waals surface area contributed by atoms with E-state index in [-0.39, 0.29) is 19.4 Å². The molecule has 118 valence electrons. The molecule has 3 N–H and O–H groups in total. The van der Waals surface area contributed by atoms with E-state index in [9.17, 15) is 18.0 Å². The summed E-state index contributed by atoms with van der Waals surface area (Å²) in [5.41, 5.74) is -0.717. The summed E-state index contributed by atoms with van der Waals surface area (Å²) < 4.78 is 28.9. The monoisotopic (exact) mass is 310 g/mol. The van der Waals surface area contributed by atoms with E-state index in [1.807, 2.05) is 0 Å².